The molecule has 1 aromatic carbocycles. The minimum Gasteiger partial charge on any atom is -0.481 e. The molecule has 2 aliphatic rings. The third-order valence-electron chi connectivity index (χ3n) is 8.74. The van der Waals surface area contributed by atoms with Gasteiger partial charge < -0.3 is 20.1 Å². The van der Waals surface area contributed by atoms with Crippen molar-refractivity contribution in [2.45, 2.75) is 72.1 Å². The van der Waals surface area contributed by atoms with Crippen LogP contribution in [0.25, 0.3) is 11.0 Å². The number of fused-ring (bicyclic) bond motifs is 1. The monoisotopic (exact) mass is 523 g/mol. The number of esters is 1. The number of aromatic nitrogens is 2. The number of hydrogen-bond donors (Lipinski definition) is 3. The molecule has 206 valence electrons. The lowest BCUT2D eigenvalue weighted by atomic mass is 9.69. The fourth-order valence-corrected chi connectivity index (χ4v) is 6.64. The number of aromatic amines is 1. The highest BCUT2D eigenvalue weighted by molar-refractivity contribution is 5.93. The molecule has 8 nitrogen and oxygen atoms in total. The Morgan fingerprint density at radius 2 is 1.95 bits per heavy atom. The van der Waals surface area contributed by atoms with Crippen molar-refractivity contribution in [2.24, 2.45) is 29.1 Å². The van der Waals surface area contributed by atoms with Crippen LogP contribution in [0, 0.1) is 29.1 Å². The zero-order chi connectivity index (χ0) is 27.4. The topological polar surface area (TPSA) is 121 Å². The van der Waals surface area contributed by atoms with Crippen LogP contribution < -0.4 is 5.32 Å². The number of allylic oxidation sites excluding steroid dienone is 1. The van der Waals surface area contributed by atoms with Gasteiger partial charge in [0.05, 0.1) is 30.1 Å². The van der Waals surface area contributed by atoms with E-state index in [-0.39, 0.29) is 29.6 Å². The van der Waals surface area contributed by atoms with Gasteiger partial charge in [-0.25, -0.2) is 9.78 Å². The number of nitrogens with one attached hydrogen (secondary N) is 2. The highest BCUT2D eigenvalue weighted by Gasteiger charge is 2.38. The molecule has 0 saturated heterocycles. The van der Waals surface area contributed by atoms with Crippen molar-refractivity contribution < 1.29 is 24.2 Å². The molecule has 0 bridgehead atoms. The van der Waals surface area contributed by atoms with Gasteiger partial charge >= 0.3 is 11.9 Å². The average Bonchev–Trinajstić information content (AvgIpc) is 3.48. The molecule has 0 unspecified atom stereocenters. The maximum absolute atomic E-state index is 12.9. The van der Waals surface area contributed by atoms with Gasteiger partial charge in [0, 0.05) is 19.4 Å². The Morgan fingerprint density at radius 3 is 2.61 bits per heavy atom. The van der Waals surface area contributed by atoms with Gasteiger partial charge in [0.15, 0.2) is 0 Å². The number of carboxylic acid groups (broad SMARTS) is 1. The number of H-pyrrole nitrogens is 1. The summed E-state index contributed by atoms with van der Waals surface area (Å²) in [4.78, 5) is 44.3. The van der Waals surface area contributed by atoms with Gasteiger partial charge in [-0.1, -0.05) is 38.3 Å². The second kappa shape index (κ2) is 11.7. The van der Waals surface area contributed by atoms with Crippen molar-refractivity contribution in [3.63, 3.8) is 0 Å². The molecule has 2 aromatic rings. The molecule has 1 heterocycles. The summed E-state index contributed by atoms with van der Waals surface area (Å²) in [6.45, 7) is 7.21. The number of imidazole rings is 1. The number of methoxy groups -OCH3 is 1. The fourth-order valence-electron chi connectivity index (χ4n) is 6.64. The van der Waals surface area contributed by atoms with Crippen LogP contribution >= 0.6 is 0 Å². The van der Waals surface area contributed by atoms with Gasteiger partial charge in [0.2, 0.25) is 5.91 Å². The van der Waals surface area contributed by atoms with E-state index in [0.717, 1.165) is 55.4 Å². The van der Waals surface area contributed by atoms with Gasteiger partial charge in [0.25, 0.3) is 0 Å². The molecule has 8 heteroatoms. The molecule has 38 heavy (non-hydrogen) atoms. The van der Waals surface area contributed by atoms with Crippen LogP contribution in [-0.4, -0.2) is 46.6 Å². The van der Waals surface area contributed by atoms with Gasteiger partial charge in [-0.2, -0.15) is 0 Å². The quantitative estimate of drug-likeness (QED) is 0.287. The van der Waals surface area contributed by atoms with Crippen molar-refractivity contribution in [2.75, 3.05) is 13.7 Å². The molecule has 2 aliphatic carbocycles. The van der Waals surface area contributed by atoms with E-state index in [0.29, 0.717) is 36.3 Å². The average molecular weight is 524 g/mol. The Labute approximate surface area is 224 Å². The van der Waals surface area contributed by atoms with E-state index in [1.807, 2.05) is 6.07 Å². The Balaban J connectivity index is 1.41. The number of carboxylic acids is 1. The largest absolute Gasteiger partial charge is 0.481 e. The number of carbonyl (C=O) groups is 3. The number of amides is 1. The molecular formula is C30H41N3O5. The molecule has 1 aromatic heterocycles. The van der Waals surface area contributed by atoms with Gasteiger partial charge in [-0.3, -0.25) is 9.59 Å². The number of rotatable bonds is 10. The molecule has 0 aliphatic heterocycles. The zero-order valence-electron chi connectivity index (χ0n) is 23.0. The molecule has 0 spiro atoms. The summed E-state index contributed by atoms with van der Waals surface area (Å²) in [5.41, 5.74) is 3.06. The minimum atomic E-state index is -0.815. The van der Waals surface area contributed by atoms with E-state index < -0.39 is 5.97 Å². The summed E-state index contributed by atoms with van der Waals surface area (Å²) >= 11 is 0. The van der Waals surface area contributed by atoms with Crippen molar-refractivity contribution in [3.8, 4) is 0 Å². The van der Waals surface area contributed by atoms with Gasteiger partial charge in [-0.05, 0) is 73.5 Å². The first-order valence-electron chi connectivity index (χ1n) is 13.8. The van der Waals surface area contributed by atoms with Crippen LogP contribution in [0.3, 0.4) is 0 Å². The normalized spacial score (nSPS) is 22.9. The summed E-state index contributed by atoms with van der Waals surface area (Å²) in [5.74, 6) is 1.14. The Hall–Kier alpha value is -3.16. The molecular weight excluding hydrogens is 482 g/mol. The second-order valence-electron chi connectivity index (χ2n) is 11.8. The smallest absolute Gasteiger partial charge is 0.337 e. The van der Waals surface area contributed by atoms with Crippen LogP contribution in [0.1, 0.15) is 81.9 Å². The van der Waals surface area contributed by atoms with Crippen molar-refractivity contribution >= 4 is 28.9 Å². The van der Waals surface area contributed by atoms with Crippen molar-refractivity contribution in [1.29, 1.82) is 0 Å². The lowest BCUT2D eigenvalue weighted by Gasteiger charge is -2.37. The lowest BCUT2D eigenvalue weighted by Crippen LogP contribution is -2.39. The highest BCUT2D eigenvalue weighted by atomic mass is 16.5. The summed E-state index contributed by atoms with van der Waals surface area (Å²) in [7, 11) is 1.37. The van der Waals surface area contributed by atoms with Crippen molar-refractivity contribution in [3.05, 3.63) is 41.2 Å². The standard InChI is InChI=1S/C30H41N3O5/c1-18(2)23-12-21(14-26-32-24-8-7-20(29(37)38-4)13-25(24)33-26)19(3)11-22(23)17-31-27(34)15-30(16-28(35)36)9-5-6-10-30/h7-8,11,13,18,21-23H,5-6,9-10,12,14-17H2,1-4H3,(H,31,34)(H,32,33)(H,35,36)/t21-,22-,23-/m0/s1. The first-order chi connectivity index (χ1) is 18.1. The number of hydrogen-bond acceptors (Lipinski definition) is 5. The zero-order valence-corrected chi connectivity index (χ0v) is 23.0. The minimum absolute atomic E-state index is 0.0302. The van der Waals surface area contributed by atoms with E-state index in [4.69, 9.17) is 9.72 Å². The number of aliphatic carboxylic acids is 1. The van der Waals surface area contributed by atoms with E-state index in [1.54, 1.807) is 12.1 Å². The SMILES string of the molecule is COC(=O)c1ccc2nc(C[C@@H]3C[C@@H](C(C)C)[C@H](CNC(=O)CC4(CC(=O)O)CCCC4)C=C3C)[nH]c2c1. The molecule has 3 N–H and O–H groups in total. The lowest BCUT2D eigenvalue weighted by molar-refractivity contribution is -0.140. The fraction of sp³-hybridized carbons (Fsp3) is 0.600. The number of ether oxygens (including phenoxy) is 1. The third kappa shape index (κ3) is 6.45. The van der Waals surface area contributed by atoms with Crippen molar-refractivity contribution in [1.82, 2.24) is 15.3 Å². The third-order valence-corrected chi connectivity index (χ3v) is 8.74. The number of carbonyl (C=O) groups excluding carboxylic acids is 2. The molecule has 1 amide bonds. The number of nitrogens with zero attached hydrogens (tertiary/aromatic N) is 1. The Morgan fingerprint density at radius 1 is 1.21 bits per heavy atom. The first kappa shape index (κ1) is 27.9. The molecule has 1 saturated carbocycles. The van der Waals surface area contributed by atoms with E-state index >= 15 is 0 Å². The van der Waals surface area contributed by atoms with Crippen LogP contribution in [0.15, 0.2) is 29.8 Å². The maximum Gasteiger partial charge on any atom is 0.337 e. The summed E-state index contributed by atoms with van der Waals surface area (Å²) < 4.78 is 4.83. The summed E-state index contributed by atoms with van der Waals surface area (Å²) in [6.07, 6.45) is 8.12. The molecule has 3 atom stereocenters. The van der Waals surface area contributed by atoms with E-state index in [1.165, 1.54) is 12.7 Å². The summed E-state index contributed by atoms with van der Waals surface area (Å²) in [6, 6.07) is 5.35. The maximum atomic E-state index is 12.9. The van der Waals surface area contributed by atoms with Crippen LogP contribution in [0.2, 0.25) is 0 Å². The van der Waals surface area contributed by atoms with E-state index in [9.17, 15) is 19.5 Å². The molecule has 0 radical (unpaired) electrons. The van der Waals surface area contributed by atoms with Crippen LogP contribution in [-0.2, 0) is 20.7 Å². The van der Waals surface area contributed by atoms with E-state index in [2.05, 4.69) is 37.1 Å². The predicted octanol–water partition coefficient (Wildman–Crippen LogP) is 5.29. The Bertz CT molecular complexity index is 1210. The van der Waals surface area contributed by atoms with Gasteiger partial charge in [-0.15, -0.1) is 0 Å². The molecule has 4 rings (SSSR count). The highest BCUT2D eigenvalue weighted by Crippen LogP contribution is 2.44. The summed E-state index contributed by atoms with van der Waals surface area (Å²) in [5, 5.41) is 12.5. The van der Waals surface area contributed by atoms with Crippen LogP contribution in [0.4, 0.5) is 0 Å². The predicted molar refractivity (Wildman–Crippen MR) is 146 cm³/mol. The first-order valence-corrected chi connectivity index (χ1v) is 13.8. The second-order valence-corrected chi connectivity index (χ2v) is 11.8. The van der Waals surface area contributed by atoms with Gasteiger partial charge in [0.1, 0.15) is 5.82 Å². The Kier molecular flexibility index (Phi) is 8.58. The molecule has 1 fully saturated rings. The number of benzene rings is 1. The van der Waals surface area contributed by atoms with Crippen LogP contribution in [0.5, 0.6) is 0 Å².